The summed E-state index contributed by atoms with van der Waals surface area (Å²) in [6.07, 6.45) is 5.20. The van der Waals surface area contributed by atoms with Crippen LogP contribution in [0.2, 0.25) is 0 Å². The molecular formula is C14H25NO3. The molecule has 3 aliphatic carbocycles. The van der Waals surface area contributed by atoms with Crippen LogP contribution in [-0.2, 0) is 4.74 Å². The molecule has 0 radical (unpaired) electrons. The van der Waals surface area contributed by atoms with Crippen LogP contribution in [0.1, 0.15) is 52.9 Å². The summed E-state index contributed by atoms with van der Waals surface area (Å²) in [5, 5.41) is 12.7. The fraction of sp³-hybridized carbons (Fsp3) is 0.929. The zero-order valence-corrected chi connectivity index (χ0v) is 11.7. The van der Waals surface area contributed by atoms with Crippen molar-refractivity contribution in [3.63, 3.8) is 0 Å². The van der Waals surface area contributed by atoms with Crippen LogP contribution >= 0.6 is 0 Å². The van der Waals surface area contributed by atoms with Gasteiger partial charge in [-0.25, -0.2) is 4.79 Å². The summed E-state index contributed by atoms with van der Waals surface area (Å²) in [6.45, 7) is 5.58. The molecule has 4 nitrogen and oxygen atoms in total. The van der Waals surface area contributed by atoms with E-state index in [9.17, 15) is 9.90 Å². The molecule has 2 bridgehead atoms. The van der Waals surface area contributed by atoms with Crippen molar-refractivity contribution in [1.82, 2.24) is 5.32 Å². The Kier molecular flexibility index (Phi) is 3.58. The summed E-state index contributed by atoms with van der Waals surface area (Å²) in [5.74, 6) is 1.05. The van der Waals surface area contributed by atoms with Crippen molar-refractivity contribution in [2.75, 3.05) is 6.61 Å². The molecule has 3 saturated carbocycles. The molecule has 3 rings (SSSR count). The average Bonchev–Trinajstić information content (AvgIpc) is 2.27. The molecule has 0 saturated heterocycles. The number of hydrogen-bond donors (Lipinski definition) is 2. The highest BCUT2D eigenvalue weighted by atomic mass is 16.6. The smallest absolute Gasteiger partial charge is 0.408 e. The van der Waals surface area contributed by atoms with Crippen molar-refractivity contribution in [2.24, 2.45) is 11.8 Å². The highest BCUT2D eigenvalue weighted by Crippen LogP contribution is 2.47. The van der Waals surface area contributed by atoms with Crippen LogP contribution < -0.4 is 5.32 Å². The van der Waals surface area contributed by atoms with E-state index in [-0.39, 0.29) is 6.61 Å². The van der Waals surface area contributed by atoms with E-state index in [2.05, 4.69) is 5.32 Å². The molecule has 0 heterocycles. The van der Waals surface area contributed by atoms with Crippen LogP contribution in [0, 0.1) is 11.8 Å². The van der Waals surface area contributed by atoms with Crippen LogP contribution in [0.15, 0.2) is 0 Å². The number of nitrogens with one attached hydrogen (secondary N) is 1. The van der Waals surface area contributed by atoms with E-state index in [1.54, 1.807) is 0 Å². The first kappa shape index (κ1) is 13.7. The SMILES string of the molecule is CC(C)(C)OC(=O)NC1(CO)CC2CCC1CC2. The van der Waals surface area contributed by atoms with Gasteiger partial charge in [0.15, 0.2) is 0 Å². The molecule has 0 aromatic rings. The molecule has 104 valence electrons. The van der Waals surface area contributed by atoms with Gasteiger partial charge in [-0.15, -0.1) is 0 Å². The molecule has 0 aromatic heterocycles. The fourth-order valence-electron chi connectivity index (χ4n) is 3.49. The highest BCUT2D eigenvalue weighted by Gasteiger charge is 2.48. The Hall–Kier alpha value is -0.770. The van der Waals surface area contributed by atoms with Crippen molar-refractivity contribution in [2.45, 2.75) is 64.0 Å². The fourth-order valence-corrected chi connectivity index (χ4v) is 3.49. The second kappa shape index (κ2) is 4.72. The molecule has 1 unspecified atom stereocenters. The van der Waals surface area contributed by atoms with Crippen LogP contribution in [0.25, 0.3) is 0 Å². The van der Waals surface area contributed by atoms with Gasteiger partial charge in [0.2, 0.25) is 0 Å². The Morgan fingerprint density at radius 2 is 1.94 bits per heavy atom. The average molecular weight is 255 g/mol. The minimum absolute atomic E-state index is 0.0212. The number of alkyl carbamates (subject to hydrolysis) is 1. The summed E-state index contributed by atoms with van der Waals surface area (Å²) in [7, 11) is 0. The van der Waals surface area contributed by atoms with E-state index < -0.39 is 17.2 Å². The number of fused-ring (bicyclic) bond motifs is 3. The lowest BCUT2D eigenvalue weighted by atomic mass is 9.60. The zero-order valence-electron chi connectivity index (χ0n) is 11.7. The predicted octanol–water partition coefficient (Wildman–Crippen LogP) is 2.45. The number of rotatable bonds is 2. The molecule has 3 aliphatic rings. The van der Waals surface area contributed by atoms with Gasteiger partial charge in [-0.1, -0.05) is 12.8 Å². The second-order valence-electron chi connectivity index (χ2n) is 6.86. The molecule has 4 heteroatoms. The van der Waals surface area contributed by atoms with Crippen LogP contribution in [0.5, 0.6) is 0 Å². The van der Waals surface area contributed by atoms with Crippen LogP contribution in [0.4, 0.5) is 4.79 Å². The molecule has 0 spiro atoms. The van der Waals surface area contributed by atoms with Crippen molar-refractivity contribution < 1.29 is 14.6 Å². The normalized spacial score (nSPS) is 35.3. The Balaban J connectivity index is 2.03. The Morgan fingerprint density at radius 1 is 1.33 bits per heavy atom. The van der Waals surface area contributed by atoms with E-state index in [4.69, 9.17) is 4.74 Å². The predicted molar refractivity (Wildman–Crippen MR) is 69.3 cm³/mol. The summed E-state index contributed by atoms with van der Waals surface area (Å²) in [6, 6.07) is 0. The molecular weight excluding hydrogens is 230 g/mol. The first-order valence-electron chi connectivity index (χ1n) is 6.97. The van der Waals surface area contributed by atoms with Gasteiger partial charge in [-0.05, 0) is 51.9 Å². The van der Waals surface area contributed by atoms with E-state index >= 15 is 0 Å². The summed E-state index contributed by atoms with van der Waals surface area (Å²) in [4.78, 5) is 11.9. The van der Waals surface area contributed by atoms with E-state index in [0.29, 0.717) is 11.8 Å². The third-order valence-corrected chi connectivity index (χ3v) is 4.31. The minimum atomic E-state index is -0.492. The maximum absolute atomic E-state index is 11.9. The summed E-state index contributed by atoms with van der Waals surface area (Å²) >= 11 is 0. The standard InChI is InChI=1S/C14H25NO3/c1-13(2,3)18-12(17)15-14(9-16)8-10-4-6-11(14)7-5-10/h10-11,16H,4-9H2,1-3H3,(H,15,17). The number of carbonyl (C=O) groups excluding carboxylic acids is 1. The highest BCUT2D eigenvalue weighted by molar-refractivity contribution is 5.69. The number of ether oxygens (including phenoxy) is 1. The zero-order chi connectivity index (χ0) is 13.4. The minimum Gasteiger partial charge on any atom is -0.444 e. The third kappa shape index (κ3) is 2.79. The van der Waals surface area contributed by atoms with Gasteiger partial charge < -0.3 is 15.2 Å². The molecule has 0 aromatic carbocycles. The number of aliphatic hydroxyl groups excluding tert-OH is 1. The quantitative estimate of drug-likeness (QED) is 0.797. The van der Waals surface area contributed by atoms with Crippen molar-refractivity contribution in [3.05, 3.63) is 0 Å². The lowest BCUT2D eigenvalue weighted by molar-refractivity contribution is -0.0138. The van der Waals surface area contributed by atoms with Gasteiger partial charge in [0, 0.05) is 0 Å². The van der Waals surface area contributed by atoms with Crippen molar-refractivity contribution in [3.8, 4) is 0 Å². The van der Waals surface area contributed by atoms with Gasteiger partial charge in [0.05, 0.1) is 12.1 Å². The number of amides is 1. The largest absolute Gasteiger partial charge is 0.444 e. The third-order valence-electron chi connectivity index (χ3n) is 4.31. The number of hydrogen-bond acceptors (Lipinski definition) is 3. The monoisotopic (exact) mass is 255 g/mol. The van der Waals surface area contributed by atoms with Gasteiger partial charge in [-0.3, -0.25) is 0 Å². The van der Waals surface area contributed by atoms with E-state index in [1.165, 1.54) is 12.8 Å². The van der Waals surface area contributed by atoms with Gasteiger partial charge in [0.1, 0.15) is 5.60 Å². The number of aliphatic hydroxyl groups is 1. The van der Waals surface area contributed by atoms with Gasteiger partial charge in [0.25, 0.3) is 0 Å². The lowest BCUT2D eigenvalue weighted by Gasteiger charge is -2.51. The molecule has 0 aliphatic heterocycles. The first-order chi connectivity index (χ1) is 8.35. The van der Waals surface area contributed by atoms with E-state index in [1.807, 2.05) is 20.8 Å². The maximum atomic E-state index is 11.9. The van der Waals surface area contributed by atoms with Crippen LogP contribution in [0.3, 0.4) is 0 Å². The Bertz CT molecular complexity index is 315. The van der Waals surface area contributed by atoms with Crippen molar-refractivity contribution >= 4 is 6.09 Å². The second-order valence-corrected chi connectivity index (χ2v) is 6.86. The van der Waals surface area contributed by atoms with Crippen LogP contribution in [-0.4, -0.2) is 28.9 Å². The van der Waals surface area contributed by atoms with Gasteiger partial charge >= 0.3 is 6.09 Å². The number of carbonyl (C=O) groups is 1. The first-order valence-corrected chi connectivity index (χ1v) is 6.97. The summed E-state index contributed by atoms with van der Waals surface area (Å²) < 4.78 is 5.31. The molecule has 18 heavy (non-hydrogen) atoms. The Labute approximate surface area is 109 Å². The van der Waals surface area contributed by atoms with E-state index in [0.717, 1.165) is 19.3 Å². The topological polar surface area (TPSA) is 58.6 Å². The van der Waals surface area contributed by atoms with Crippen molar-refractivity contribution in [1.29, 1.82) is 0 Å². The molecule has 3 fully saturated rings. The molecule has 1 atom stereocenters. The van der Waals surface area contributed by atoms with Gasteiger partial charge in [-0.2, -0.15) is 0 Å². The molecule has 1 amide bonds. The lowest BCUT2D eigenvalue weighted by Crippen LogP contribution is -2.61. The molecule has 2 N–H and O–H groups in total. The maximum Gasteiger partial charge on any atom is 0.408 e. The summed E-state index contributed by atoms with van der Waals surface area (Å²) in [5.41, 5.74) is -0.933. The Morgan fingerprint density at radius 3 is 2.33 bits per heavy atom.